The first-order valence-electron chi connectivity index (χ1n) is 7.80. The average molecular weight is 360 g/mol. The summed E-state index contributed by atoms with van der Waals surface area (Å²) in [6.07, 6.45) is 1.52. The molecule has 1 atom stereocenters. The Kier molecular flexibility index (Phi) is 4.34. The van der Waals surface area contributed by atoms with E-state index in [4.69, 9.17) is 22.1 Å². The largest absolute Gasteiger partial charge is 0.464 e. The second kappa shape index (κ2) is 6.33. The topological polar surface area (TPSA) is 95.9 Å². The van der Waals surface area contributed by atoms with E-state index >= 15 is 0 Å². The lowest BCUT2D eigenvalue weighted by atomic mass is 9.88. The van der Waals surface area contributed by atoms with E-state index in [2.05, 4.69) is 15.1 Å². The van der Waals surface area contributed by atoms with Gasteiger partial charge in [-0.2, -0.15) is 10.1 Å². The smallest absolute Gasteiger partial charge is 0.338 e. The number of benzene rings is 1. The number of carbonyl (C=O) groups excluding carboxylic acids is 1. The van der Waals surface area contributed by atoms with Crippen LogP contribution in [0.1, 0.15) is 25.0 Å². The number of fused-ring (bicyclic) bond motifs is 1. The zero-order valence-electron chi connectivity index (χ0n) is 14.2. The van der Waals surface area contributed by atoms with Crippen molar-refractivity contribution in [2.45, 2.75) is 26.3 Å². The first kappa shape index (κ1) is 17.2. The highest BCUT2D eigenvalue weighted by atomic mass is 35.5. The Bertz CT molecular complexity index is 955. The van der Waals surface area contributed by atoms with Crippen molar-refractivity contribution in [1.82, 2.24) is 19.7 Å². The van der Waals surface area contributed by atoms with Gasteiger partial charge in [0.1, 0.15) is 5.15 Å². The Morgan fingerprint density at radius 3 is 2.76 bits per heavy atom. The molecule has 3 aromatic rings. The fraction of sp³-hybridized carbons (Fsp3) is 0.294. The van der Waals surface area contributed by atoms with Crippen molar-refractivity contribution >= 4 is 34.6 Å². The van der Waals surface area contributed by atoms with Gasteiger partial charge in [-0.05, 0) is 31.9 Å². The summed E-state index contributed by atoms with van der Waals surface area (Å²) in [6.45, 7) is 5.67. The minimum Gasteiger partial charge on any atom is -0.464 e. The van der Waals surface area contributed by atoms with Crippen LogP contribution < -0.4 is 5.73 Å². The van der Waals surface area contributed by atoms with E-state index in [1.807, 2.05) is 31.2 Å². The molecule has 0 amide bonds. The molecular formula is C17H18ClN5O2. The molecule has 2 heterocycles. The van der Waals surface area contributed by atoms with Gasteiger partial charge in [-0.15, -0.1) is 0 Å². The number of aryl methyl sites for hydroxylation is 1. The van der Waals surface area contributed by atoms with Crippen molar-refractivity contribution in [3.63, 3.8) is 0 Å². The number of carbonyl (C=O) groups is 1. The van der Waals surface area contributed by atoms with Crippen LogP contribution in [0.4, 0.5) is 5.95 Å². The second-order valence-corrected chi connectivity index (χ2v) is 6.13. The fourth-order valence-corrected chi connectivity index (χ4v) is 3.14. The van der Waals surface area contributed by atoms with Gasteiger partial charge in [0.05, 0.1) is 18.2 Å². The standard InChI is InChI=1S/C17H18ClN5O2/c1-4-25-15(24)17(3,12-8-6-5-7-10(12)2)23-14-11(9-20-23)13(18)21-16(19)22-14/h5-9H,4H2,1-3H3,(H2,19,21,22). The summed E-state index contributed by atoms with van der Waals surface area (Å²) in [5, 5.41) is 5.06. The van der Waals surface area contributed by atoms with E-state index in [0.29, 0.717) is 11.0 Å². The Balaban J connectivity index is 2.34. The number of nitrogens with zero attached hydrogens (tertiary/aromatic N) is 4. The third-order valence-electron chi connectivity index (χ3n) is 4.17. The Morgan fingerprint density at radius 2 is 2.08 bits per heavy atom. The molecule has 25 heavy (non-hydrogen) atoms. The van der Waals surface area contributed by atoms with Crippen LogP contribution in [0.3, 0.4) is 0 Å². The molecule has 0 fully saturated rings. The van der Waals surface area contributed by atoms with Crippen LogP contribution in [-0.2, 0) is 15.1 Å². The third-order valence-corrected chi connectivity index (χ3v) is 4.45. The molecule has 1 aromatic carbocycles. The highest BCUT2D eigenvalue weighted by Gasteiger charge is 2.42. The van der Waals surface area contributed by atoms with E-state index in [0.717, 1.165) is 11.1 Å². The predicted octanol–water partition coefficient (Wildman–Crippen LogP) is 2.70. The van der Waals surface area contributed by atoms with E-state index in [1.165, 1.54) is 10.9 Å². The number of aromatic nitrogens is 4. The Morgan fingerprint density at radius 1 is 1.36 bits per heavy atom. The van der Waals surface area contributed by atoms with Crippen molar-refractivity contribution in [3.8, 4) is 0 Å². The molecule has 0 saturated carbocycles. The van der Waals surface area contributed by atoms with Gasteiger partial charge in [0, 0.05) is 0 Å². The summed E-state index contributed by atoms with van der Waals surface area (Å²) in [5.41, 5.74) is 6.56. The lowest BCUT2D eigenvalue weighted by molar-refractivity contribution is -0.151. The monoisotopic (exact) mass is 359 g/mol. The van der Waals surface area contributed by atoms with Gasteiger partial charge in [-0.25, -0.2) is 14.5 Å². The van der Waals surface area contributed by atoms with E-state index in [9.17, 15) is 4.79 Å². The van der Waals surface area contributed by atoms with E-state index in [-0.39, 0.29) is 17.7 Å². The molecule has 0 spiro atoms. The SMILES string of the molecule is CCOC(=O)C(C)(c1ccccc1C)n1ncc2c(Cl)nc(N)nc21. The molecule has 0 radical (unpaired) electrons. The minimum atomic E-state index is -1.23. The van der Waals surface area contributed by atoms with Gasteiger partial charge >= 0.3 is 5.97 Å². The molecule has 130 valence electrons. The molecule has 2 N–H and O–H groups in total. The Labute approximate surface area is 149 Å². The number of halogens is 1. The molecule has 8 heteroatoms. The molecule has 0 saturated heterocycles. The number of anilines is 1. The number of esters is 1. The van der Waals surface area contributed by atoms with Crippen molar-refractivity contribution in [3.05, 3.63) is 46.7 Å². The minimum absolute atomic E-state index is 0.00948. The van der Waals surface area contributed by atoms with Gasteiger partial charge < -0.3 is 10.5 Å². The quantitative estimate of drug-likeness (QED) is 0.568. The fourth-order valence-electron chi connectivity index (χ4n) is 2.92. The number of hydrogen-bond acceptors (Lipinski definition) is 6. The Hall–Kier alpha value is -2.67. The molecule has 1 unspecified atom stereocenters. The molecule has 2 aromatic heterocycles. The number of hydrogen-bond donors (Lipinski definition) is 1. The molecule has 0 bridgehead atoms. The molecule has 0 aliphatic carbocycles. The van der Waals surface area contributed by atoms with Crippen LogP contribution in [0.5, 0.6) is 0 Å². The zero-order chi connectivity index (χ0) is 18.2. The normalized spacial score (nSPS) is 13.6. The van der Waals surface area contributed by atoms with Crippen LogP contribution in [0, 0.1) is 6.92 Å². The molecule has 0 aliphatic rings. The number of nitrogen functional groups attached to an aromatic ring is 1. The maximum absolute atomic E-state index is 12.9. The maximum atomic E-state index is 12.9. The maximum Gasteiger partial charge on any atom is 0.338 e. The van der Waals surface area contributed by atoms with E-state index < -0.39 is 11.5 Å². The average Bonchev–Trinajstić information content (AvgIpc) is 2.99. The zero-order valence-corrected chi connectivity index (χ0v) is 14.9. The van der Waals surface area contributed by atoms with Crippen molar-refractivity contribution in [1.29, 1.82) is 0 Å². The van der Waals surface area contributed by atoms with Crippen LogP contribution in [0.15, 0.2) is 30.5 Å². The van der Waals surface area contributed by atoms with Gasteiger partial charge in [0.25, 0.3) is 0 Å². The lowest BCUT2D eigenvalue weighted by Gasteiger charge is -2.30. The summed E-state index contributed by atoms with van der Waals surface area (Å²) in [4.78, 5) is 21.1. The van der Waals surface area contributed by atoms with Gasteiger partial charge in [0.2, 0.25) is 5.95 Å². The van der Waals surface area contributed by atoms with Crippen molar-refractivity contribution < 1.29 is 9.53 Å². The first-order chi connectivity index (χ1) is 11.9. The number of ether oxygens (including phenoxy) is 1. The van der Waals surface area contributed by atoms with E-state index in [1.54, 1.807) is 13.8 Å². The summed E-state index contributed by atoms with van der Waals surface area (Å²) in [6, 6.07) is 7.56. The van der Waals surface area contributed by atoms with Gasteiger partial charge in [-0.1, -0.05) is 35.9 Å². The summed E-state index contributed by atoms with van der Waals surface area (Å²) in [7, 11) is 0. The van der Waals surface area contributed by atoms with Crippen molar-refractivity contribution in [2.24, 2.45) is 0 Å². The molecule has 0 aliphatic heterocycles. The molecular weight excluding hydrogens is 342 g/mol. The van der Waals surface area contributed by atoms with Gasteiger partial charge in [0.15, 0.2) is 11.2 Å². The van der Waals surface area contributed by atoms with Crippen molar-refractivity contribution in [2.75, 3.05) is 12.3 Å². The third kappa shape index (κ3) is 2.70. The van der Waals surface area contributed by atoms with Crippen LogP contribution in [-0.4, -0.2) is 32.3 Å². The van der Waals surface area contributed by atoms with Crippen LogP contribution in [0.25, 0.3) is 11.0 Å². The summed E-state index contributed by atoms with van der Waals surface area (Å²) in [5.74, 6) is -0.433. The highest BCUT2D eigenvalue weighted by molar-refractivity contribution is 6.34. The first-order valence-corrected chi connectivity index (χ1v) is 8.18. The number of rotatable bonds is 4. The summed E-state index contributed by atoms with van der Waals surface area (Å²) >= 11 is 6.14. The number of nitrogens with two attached hydrogens (primary N) is 1. The lowest BCUT2D eigenvalue weighted by Crippen LogP contribution is -2.43. The predicted molar refractivity (Wildman–Crippen MR) is 95.3 cm³/mol. The van der Waals surface area contributed by atoms with Crippen LogP contribution in [0.2, 0.25) is 5.15 Å². The second-order valence-electron chi connectivity index (χ2n) is 5.77. The molecule has 7 nitrogen and oxygen atoms in total. The highest BCUT2D eigenvalue weighted by Crippen LogP contribution is 2.33. The van der Waals surface area contributed by atoms with Gasteiger partial charge in [-0.3, -0.25) is 0 Å². The summed E-state index contributed by atoms with van der Waals surface area (Å²) < 4.78 is 6.83. The molecule has 3 rings (SSSR count). The van der Waals surface area contributed by atoms with Crippen LogP contribution >= 0.6 is 11.6 Å².